The minimum Gasteiger partial charge on any atom is -0.421 e. The number of hydrogen-bond acceptors (Lipinski definition) is 2. The molecule has 0 saturated carbocycles. The first-order valence-electron chi connectivity index (χ1n) is 2.89. The lowest BCUT2D eigenvalue weighted by atomic mass is 10.6. The minimum absolute atomic E-state index is 0.509. The van der Waals surface area contributed by atoms with E-state index in [-0.39, 0.29) is 0 Å². The van der Waals surface area contributed by atoms with Crippen LogP contribution >= 0.6 is 12.2 Å². The number of nitrogens with zero attached hydrogens (tertiary/aromatic N) is 2. The van der Waals surface area contributed by atoms with Crippen molar-refractivity contribution in [2.24, 2.45) is 0 Å². The molecule has 0 saturated heterocycles. The Hall–Kier alpha value is -0.220. The largest absolute Gasteiger partial charge is 0.421 e. The molecule has 58 valence electrons. The quantitative estimate of drug-likeness (QED) is 0.184. The van der Waals surface area contributed by atoms with Gasteiger partial charge in [-0.25, -0.2) is 0 Å². The highest BCUT2D eigenvalue weighted by Crippen LogP contribution is 1.85. The maximum absolute atomic E-state index is 4.86. The van der Waals surface area contributed by atoms with Gasteiger partial charge in [0.1, 0.15) is 0 Å². The van der Waals surface area contributed by atoms with Gasteiger partial charge in [0.25, 0.3) is 5.84 Å². The minimum atomic E-state index is 0.509. The number of hydrogen-bond donors (Lipinski definition) is 0. The number of amidine groups is 1. The maximum atomic E-state index is 4.86. The summed E-state index contributed by atoms with van der Waals surface area (Å²) in [6, 6.07) is 0. The van der Waals surface area contributed by atoms with Crippen LogP contribution in [-0.2, 0) is 12.6 Å². The van der Waals surface area contributed by atoms with Crippen molar-refractivity contribution in [3.05, 3.63) is 0 Å². The van der Waals surface area contributed by atoms with Gasteiger partial charge >= 0.3 is 0 Å². The van der Waals surface area contributed by atoms with E-state index in [9.17, 15) is 0 Å². The Morgan fingerprint density at radius 2 is 1.80 bits per heavy atom. The van der Waals surface area contributed by atoms with Crippen LogP contribution in [0.1, 0.15) is 0 Å². The van der Waals surface area contributed by atoms with E-state index < -0.39 is 0 Å². The number of rotatable bonds is 1. The molecule has 4 heteroatoms. The molecule has 2 nitrogen and oxygen atoms in total. The smallest absolute Gasteiger partial charge is 0.258 e. The van der Waals surface area contributed by atoms with Crippen molar-refractivity contribution in [2.45, 2.75) is 0 Å². The van der Waals surface area contributed by atoms with Crippen molar-refractivity contribution in [3.63, 3.8) is 0 Å². The van der Waals surface area contributed by atoms with Crippen LogP contribution in [0, 0.1) is 0 Å². The Labute approximate surface area is 72.9 Å². The number of thiocarbonyl (C=S) groups is 1. The zero-order valence-electron chi connectivity index (χ0n) is 6.71. The Morgan fingerprint density at radius 3 is 1.80 bits per heavy atom. The third-order valence-corrected chi connectivity index (χ3v) is 1.39. The van der Waals surface area contributed by atoms with Crippen LogP contribution in [0.2, 0.25) is 0 Å². The summed E-state index contributed by atoms with van der Waals surface area (Å²) < 4.78 is 2.42. The van der Waals surface area contributed by atoms with Crippen LogP contribution in [0.3, 0.4) is 0 Å². The Balaban J connectivity index is 4.61. The average molecular weight is 176 g/mol. The molecule has 0 N–H and O–H groups in total. The molecule has 0 spiro atoms. The second-order valence-electron chi connectivity index (χ2n) is 2.40. The summed E-state index contributed by atoms with van der Waals surface area (Å²) in [5, 5.41) is 0. The van der Waals surface area contributed by atoms with Gasteiger partial charge in [0.15, 0.2) is 0 Å². The molecule has 0 amide bonds. The van der Waals surface area contributed by atoms with E-state index >= 15 is 0 Å². The molecule has 0 atom stereocenters. The zero-order valence-corrected chi connectivity index (χ0v) is 8.34. The van der Waals surface area contributed by atoms with E-state index in [1.807, 2.05) is 37.7 Å². The maximum Gasteiger partial charge on any atom is 0.258 e. The van der Waals surface area contributed by atoms with Crippen molar-refractivity contribution >= 4 is 34.9 Å². The van der Waals surface area contributed by atoms with Crippen molar-refractivity contribution in [1.29, 1.82) is 0 Å². The predicted molar refractivity (Wildman–Crippen MR) is 50.8 cm³/mol. The first-order valence-corrected chi connectivity index (χ1v) is 3.71. The monoisotopic (exact) mass is 176 g/mol. The van der Waals surface area contributed by atoms with Crippen molar-refractivity contribution in [3.8, 4) is 0 Å². The van der Waals surface area contributed by atoms with E-state index in [4.69, 9.17) is 24.8 Å². The molecule has 0 rings (SSSR count). The highest BCUT2D eigenvalue weighted by atomic mass is 32.1. The summed E-state index contributed by atoms with van der Waals surface area (Å²) >= 11 is 9.73. The van der Waals surface area contributed by atoms with Crippen LogP contribution in [-0.4, -0.2) is 47.7 Å². The average Bonchev–Trinajstić information content (AvgIpc) is 1.59. The van der Waals surface area contributed by atoms with E-state index in [1.54, 1.807) is 0 Å². The molecule has 0 aromatic heterocycles. The van der Waals surface area contributed by atoms with Crippen LogP contribution in [0.5, 0.6) is 0 Å². The van der Waals surface area contributed by atoms with Crippen LogP contribution in [0.4, 0.5) is 0 Å². The summed E-state index contributed by atoms with van der Waals surface area (Å²) in [5.41, 5.74) is 0. The summed E-state index contributed by atoms with van der Waals surface area (Å²) in [6.45, 7) is 0. The van der Waals surface area contributed by atoms with E-state index in [2.05, 4.69) is 0 Å². The molecule has 0 fully saturated rings. The first-order chi connectivity index (χ1) is 4.46. The third-order valence-electron chi connectivity index (χ3n) is 1.03. The second-order valence-corrected chi connectivity index (χ2v) is 3.47. The summed E-state index contributed by atoms with van der Waals surface area (Å²) in [6.07, 6.45) is 0. The highest BCUT2D eigenvalue weighted by molar-refractivity contribution is 8.03. The van der Waals surface area contributed by atoms with Gasteiger partial charge in [0.05, 0.1) is 28.2 Å². The van der Waals surface area contributed by atoms with Gasteiger partial charge in [0, 0.05) is 0 Å². The standard InChI is InChI=1S/C6H12N2S2/c1-7(2)5(6(9)10)8(3)4/h1-4H3. The fourth-order valence-electron chi connectivity index (χ4n) is 0.765. The summed E-state index contributed by atoms with van der Waals surface area (Å²) in [4.78, 5) is 1.91. The van der Waals surface area contributed by atoms with E-state index in [0.29, 0.717) is 4.20 Å². The normalized spacial score (nSPS) is 8.80. The van der Waals surface area contributed by atoms with Crippen LogP contribution in [0.15, 0.2) is 0 Å². The van der Waals surface area contributed by atoms with E-state index in [1.165, 1.54) is 0 Å². The van der Waals surface area contributed by atoms with Crippen LogP contribution < -0.4 is 0 Å². The molecule has 0 radical (unpaired) electrons. The molecule has 0 unspecified atom stereocenters. The van der Waals surface area contributed by atoms with Gasteiger partial charge < -0.3 is 24.8 Å². The molecular weight excluding hydrogens is 164 g/mol. The lowest BCUT2D eigenvalue weighted by Gasteiger charge is -2.13. The van der Waals surface area contributed by atoms with E-state index in [0.717, 1.165) is 5.84 Å². The molecular formula is C6H12N2S2. The molecule has 0 heterocycles. The third kappa shape index (κ3) is 2.58. The van der Waals surface area contributed by atoms with Gasteiger partial charge in [-0.2, -0.15) is 0 Å². The van der Waals surface area contributed by atoms with Gasteiger partial charge in [-0.15, -0.1) is 0 Å². The Bertz CT molecular complexity index is 169. The SMILES string of the molecule is CN(C)C(C(=S)[S-])=[N+](C)C. The summed E-state index contributed by atoms with van der Waals surface area (Å²) in [5.74, 6) is 0.907. The van der Waals surface area contributed by atoms with Crippen molar-refractivity contribution in [2.75, 3.05) is 28.2 Å². The highest BCUT2D eigenvalue weighted by Gasteiger charge is 2.07. The molecule has 0 bridgehead atoms. The van der Waals surface area contributed by atoms with Gasteiger partial charge in [-0.1, -0.05) is 0 Å². The molecule has 0 aliphatic heterocycles. The topological polar surface area (TPSA) is 6.25 Å². The van der Waals surface area contributed by atoms with Crippen molar-refractivity contribution < 1.29 is 4.58 Å². The molecule has 0 aromatic carbocycles. The second kappa shape index (κ2) is 3.83. The van der Waals surface area contributed by atoms with Gasteiger partial charge in [0.2, 0.25) is 0 Å². The Morgan fingerprint density at radius 1 is 1.40 bits per heavy atom. The summed E-state index contributed by atoms with van der Waals surface area (Å²) in [7, 11) is 7.70. The first kappa shape index (κ1) is 9.78. The fraction of sp³-hybridized carbons (Fsp3) is 0.667. The van der Waals surface area contributed by atoms with Crippen LogP contribution in [0.25, 0.3) is 0 Å². The molecule has 0 aliphatic carbocycles. The zero-order chi connectivity index (χ0) is 8.31. The molecule has 0 aromatic rings. The fourth-order valence-corrected chi connectivity index (χ4v) is 1.50. The lowest BCUT2D eigenvalue weighted by molar-refractivity contribution is -0.467. The van der Waals surface area contributed by atoms with Crippen molar-refractivity contribution in [1.82, 2.24) is 4.90 Å². The lowest BCUT2D eigenvalue weighted by Crippen LogP contribution is -2.34. The molecule has 0 aliphatic rings. The predicted octanol–water partition coefficient (Wildman–Crippen LogP) is 0.0929. The Kier molecular flexibility index (Phi) is 3.75. The van der Waals surface area contributed by atoms with Gasteiger partial charge in [-0.05, 0) is 4.20 Å². The molecule has 10 heavy (non-hydrogen) atoms. The van der Waals surface area contributed by atoms with Gasteiger partial charge in [-0.3, -0.25) is 9.48 Å².